The molecule has 222 valence electrons. The van der Waals surface area contributed by atoms with E-state index in [2.05, 4.69) is 129 Å². The molecular weight excluding hydrogens is 571 g/mol. The summed E-state index contributed by atoms with van der Waals surface area (Å²) in [7, 11) is 0. The maximum Gasteiger partial charge on any atom is 0.160 e. The molecule has 0 aliphatic heterocycles. The van der Waals surface area contributed by atoms with E-state index in [1.54, 1.807) is 0 Å². The van der Waals surface area contributed by atoms with Crippen LogP contribution < -0.4 is 0 Å². The summed E-state index contributed by atoms with van der Waals surface area (Å²) >= 11 is 0. The molecule has 0 amide bonds. The number of rotatable bonds is 4. The first-order valence-corrected chi connectivity index (χ1v) is 16.1. The third-order valence-corrected chi connectivity index (χ3v) is 9.63. The lowest BCUT2D eigenvalue weighted by Gasteiger charge is -2.23. The van der Waals surface area contributed by atoms with Crippen molar-refractivity contribution in [3.05, 3.63) is 163 Å². The number of benzene rings is 6. The number of hydrogen-bond acceptors (Lipinski definition) is 3. The van der Waals surface area contributed by atoms with Gasteiger partial charge in [0.25, 0.3) is 0 Å². The van der Waals surface area contributed by atoms with Crippen LogP contribution in [0, 0.1) is 0 Å². The summed E-state index contributed by atoms with van der Waals surface area (Å²) in [5.74, 6) is 0.712. The zero-order chi connectivity index (χ0) is 31.5. The summed E-state index contributed by atoms with van der Waals surface area (Å²) in [6, 6.07) is 53.4. The summed E-state index contributed by atoms with van der Waals surface area (Å²) in [6.07, 6.45) is 0. The van der Waals surface area contributed by atoms with Crippen molar-refractivity contribution in [1.82, 2.24) is 15.0 Å². The Morgan fingerprint density at radius 2 is 0.979 bits per heavy atom. The van der Waals surface area contributed by atoms with Gasteiger partial charge in [-0.15, -0.1) is 0 Å². The Labute approximate surface area is 274 Å². The average Bonchev–Trinajstić information content (AvgIpc) is 3.37. The fraction of sp³-hybridized carbons (Fsp3) is 0.0682. The van der Waals surface area contributed by atoms with Gasteiger partial charge in [0.2, 0.25) is 0 Å². The smallest absolute Gasteiger partial charge is 0.160 e. The van der Waals surface area contributed by atoms with Crippen molar-refractivity contribution in [3.63, 3.8) is 0 Å². The van der Waals surface area contributed by atoms with Crippen LogP contribution in [0.15, 0.2) is 152 Å². The fourth-order valence-corrected chi connectivity index (χ4v) is 7.30. The number of nitrogens with zero attached hydrogens (tertiary/aromatic N) is 3. The van der Waals surface area contributed by atoms with Crippen LogP contribution >= 0.6 is 0 Å². The Hall–Kier alpha value is -5.93. The second kappa shape index (κ2) is 10.6. The Morgan fingerprint density at radius 1 is 0.426 bits per heavy atom. The molecule has 9 rings (SSSR count). The van der Waals surface area contributed by atoms with E-state index in [1.807, 2.05) is 36.4 Å². The van der Waals surface area contributed by atoms with Crippen molar-refractivity contribution in [2.45, 2.75) is 19.3 Å². The van der Waals surface area contributed by atoms with Gasteiger partial charge in [-0.2, -0.15) is 0 Å². The van der Waals surface area contributed by atoms with Crippen LogP contribution in [0.1, 0.15) is 25.0 Å². The van der Waals surface area contributed by atoms with Gasteiger partial charge in [-0.1, -0.05) is 147 Å². The van der Waals surface area contributed by atoms with Crippen LogP contribution in [0.25, 0.3) is 78.0 Å². The highest BCUT2D eigenvalue weighted by Gasteiger charge is 2.38. The van der Waals surface area contributed by atoms with E-state index >= 15 is 0 Å². The molecule has 0 N–H and O–H groups in total. The molecule has 0 spiro atoms. The van der Waals surface area contributed by atoms with Crippen LogP contribution in [0.5, 0.6) is 0 Å². The molecule has 0 fully saturated rings. The molecule has 1 aliphatic rings. The van der Waals surface area contributed by atoms with Gasteiger partial charge < -0.3 is 0 Å². The fourth-order valence-electron chi connectivity index (χ4n) is 7.30. The summed E-state index contributed by atoms with van der Waals surface area (Å²) in [5, 5.41) is 4.75. The first-order chi connectivity index (χ1) is 23.0. The molecule has 0 saturated carbocycles. The van der Waals surface area contributed by atoms with Crippen LogP contribution in [-0.2, 0) is 5.41 Å². The van der Waals surface area contributed by atoms with Gasteiger partial charge in [0, 0.05) is 38.6 Å². The standard InChI is InChI=1S/C44H31N3/c1-44(2)37-20-12-11-19-36(37)42-40(44)34-17-9-10-18-35(34)41(47-42)32-23-21-31-26-33(24-22-30(31)25-32)43-45-38(28-13-5-3-6-14-28)27-39(46-43)29-15-7-4-8-16-29/h3-27H,1-2H3. The molecule has 8 aromatic rings. The van der Waals surface area contributed by atoms with E-state index in [-0.39, 0.29) is 5.41 Å². The van der Waals surface area contributed by atoms with Crippen molar-refractivity contribution in [3.8, 4) is 56.4 Å². The third kappa shape index (κ3) is 4.46. The molecule has 0 saturated heterocycles. The largest absolute Gasteiger partial charge is 0.247 e. The summed E-state index contributed by atoms with van der Waals surface area (Å²) in [6.45, 7) is 4.64. The number of fused-ring (bicyclic) bond motifs is 6. The average molecular weight is 602 g/mol. The number of aromatic nitrogens is 3. The molecule has 6 aromatic carbocycles. The van der Waals surface area contributed by atoms with Gasteiger partial charge in [-0.3, -0.25) is 0 Å². The van der Waals surface area contributed by atoms with Crippen LogP contribution in [0.3, 0.4) is 0 Å². The van der Waals surface area contributed by atoms with Crippen LogP contribution in [0.2, 0.25) is 0 Å². The first-order valence-electron chi connectivity index (χ1n) is 16.1. The molecule has 0 radical (unpaired) electrons. The summed E-state index contributed by atoms with van der Waals surface area (Å²) in [5.41, 5.74) is 11.9. The van der Waals surface area contributed by atoms with E-state index in [4.69, 9.17) is 15.0 Å². The lowest BCUT2D eigenvalue weighted by Crippen LogP contribution is -2.15. The summed E-state index contributed by atoms with van der Waals surface area (Å²) < 4.78 is 0. The number of pyridine rings is 1. The SMILES string of the molecule is CC1(C)c2ccccc2-c2nc(-c3ccc4cc(-c5nc(-c6ccccc6)cc(-c6ccccc6)n5)ccc4c3)c3ccccc3c21. The highest BCUT2D eigenvalue weighted by atomic mass is 14.9. The second-order valence-electron chi connectivity index (χ2n) is 12.9. The van der Waals surface area contributed by atoms with Gasteiger partial charge in [-0.25, -0.2) is 15.0 Å². The van der Waals surface area contributed by atoms with Gasteiger partial charge in [0.05, 0.1) is 22.8 Å². The van der Waals surface area contributed by atoms with Crippen molar-refractivity contribution in [1.29, 1.82) is 0 Å². The lowest BCUT2D eigenvalue weighted by molar-refractivity contribution is 0.665. The Kier molecular flexibility index (Phi) is 6.16. The normalized spacial score (nSPS) is 13.1. The predicted molar refractivity (Wildman–Crippen MR) is 194 cm³/mol. The van der Waals surface area contributed by atoms with Gasteiger partial charge >= 0.3 is 0 Å². The minimum atomic E-state index is -0.114. The molecule has 0 bridgehead atoms. The molecule has 2 aromatic heterocycles. The first kappa shape index (κ1) is 27.4. The van der Waals surface area contributed by atoms with Crippen molar-refractivity contribution in [2.75, 3.05) is 0 Å². The topological polar surface area (TPSA) is 38.7 Å². The van der Waals surface area contributed by atoms with Gasteiger partial charge in [-0.05, 0) is 45.5 Å². The zero-order valence-corrected chi connectivity index (χ0v) is 26.3. The van der Waals surface area contributed by atoms with E-state index < -0.39 is 0 Å². The molecular formula is C44H31N3. The molecule has 2 heterocycles. The highest BCUT2D eigenvalue weighted by molar-refractivity contribution is 6.04. The minimum absolute atomic E-state index is 0.114. The summed E-state index contributed by atoms with van der Waals surface area (Å²) in [4.78, 5) is 15.5. The van der Waals surface area contributed by atoms with Crippen molar-refractivity contribution < 1.29 is 0 Å². The maximum absolute atomic E-state index is 5.42. The van der Waals surface area contributed by atoms with Crippen LogP contribution in [-0.4, -0.2) is 15.0 Å². The predicted octanol–water partition coefficient (Wildman–Crippen LogP) is 11.2. The molecule has 3 nitrogen and oxygen atoms in total. The highest BCUT2D eigenvalue weighted by Crippen LogP contribution is 2.51. The Morgan fingerprint density at radius 3 is 1.66 bits per heavy atom. The Bertz CT molecular complexity index is 2420. The van der Waals surface area contributed by atoms with Crippen molar-refractivity contribution >= 4 is 21.5 Å². The van der Waals surface area contributed by atoms with E-state index in [1.165, 1.54) is 27.5 Å². The molecule has 0 atom stereocenters. The minimum Gasteiger partial charge on any atom is -0.247 e. The Balaban J connectivity index is 1.17. The quantitative estimate of drug-likeness (QED) is 0.201. The number of hydrogen-bond donors (Lipinski definition) is 0. The lowest BCUT2D eigenvalue weighted by atomic mass is 9.80. The van der Waals surface area contributed by atoms with E-state index in [9.17, 15) is 0 Å². The molecule has 0 unspecified atom stereocenters. The van der Waals surface area contributed by atoms with Crippen molar-refractivity contribution in [2.24, 2.45) is 0 Å². The monoisotopic (exact) mass is 601 g/mol. The molecule has 3 heteroatoms. The van der Waals surface area contributed by atoms with E-state index in [0.29, 0.717) is 5.82 Å². The zero-order valence-electron chi connectivity index (χ0n) is 26.3. The molecule has 47 heavy (non-hydrogen) atoms. The second-order valence-corrected chi connectivity index (χ2v) is 12.9. The van der Waals surface area contributed by atoms with E-state index in [0.717, 1.165) is 55.8 Å². The van der Waals surface area contributed by atoms with Gasteiger partial charge in [0.15, 0.2) is 5.82 Å². The van der Waals surface area contributed by atoms with Crippen LogP contribution in [0.4, 0.5) is 0 Å². The third-order valence-electron chi connectivity index (χ3n) is 9.63. The van der Waals surface area contributed by atoms with Gasteiger partial charge in [0.1, 0.15) is 0 Å². The molecule has 1 aliphatic carbocycles. The maximum atomic E-state index is 5.42.